The van der Waals surface area contributed by atoms with E-state index in [1.54, 1.807) is 13.8 Å². The Hall–Kier alpha value is -1.73. The van der Waals surface area contributed by atoms with Gasteiger partial charge >= 0.3 is 6.18 Å². The van der Waals surface area contributed by atoms with Crippen molar-refractivity contribution < 1.29 is 18.0 Å². The topological polar surface area (TPSA) is 64.2 Å². The van der Waals surface area contributed by atoms with Crippen molar-refractivity contribution in [3.63, 3.8) is 0 Å². The Morgan fingerprint density at radius 2 is 2.05 bits per heavy atom. The first kappa shape index (κ1) is 16.3. The van der Waals surface area contributed by atoms with Crippen LogP contribution in [0.4, 0.5) is 19.0 Å². The fourth-order valence-electron chi connectivity index (χ4n) is 2.04. The number of amides is 1. The summed E-state index contributed by atoms with van der Waals surface area (Å²) in [4.78, 5) is 13.0. The van der Waals surface area contributed by atoms with Crippen LogP contribution in [0.25, 0.3) is 0 Å². The lowest BCUT2D eigenvalue weighted by Gasteiger charge is -2.31. The Bertz CT molecular complexity index is 440. The average Bonchev–Trinajstić information content (AvgIpc) is 2.73. The quantitative estimate of drug-likeness (QED) is 0.872. The maximum atomic E-state index is 12.6. The van der Waals surface area contributed by atoms with Crippen LogP contribution in [0.15, 0.2) is 12.3 Å². The maximum Gasteiger partial charge on any atom is 0.406 e. The molecule has 0 bridgehead atoms. The van der Waals surface area contributed by atoms with Crippen LogP contribution in [0, 0.1) is 0 Å². The fourth-order valence-corrected chi connectivity index (χ4v) is 2.04. The zero-order valence-corrected chi connectivity index (χ0v) is 11.5. The molecule has 0 aliphatic heterocycles. The Kier molecular flexibility index (Phi) is 5.41. The molecule has 0 aliphatic carbocycles. The van der Waals surface area contributed by atoms with Crippen molar-refractivity contribution in [1.82, 2.24) is 14.7 Å². The van der Waals surface area contributed by atoms with E-state index >= 15 is 0 Å². The molecule has 1 amide bonds. The standard InChI is InChI=1S/C12H19F3N4O/c1-3-9(4-2)19(8-12(13,14)15)11(20)7-18-6-5-10(16)17-18/h5-6,9H,3-4,7-8H2,1-2H3,(H2,16,17). The van der Waals surface area contributed by atoms with E-state index in [0.29, 0.717) is 12.8 Å². The molecule has 1 aromatic heterocycles. The molecule has 8 heteroatoms. The Morgan fingerprint density at radius 3 is 2.45 bits per heavy atom. The molecule has 0 aromatic carbocycles. The molecule has 0 fully saturated rings. The molecule has 1 heterocycles. The zero-order chi connectivity index (χ0) is 15.3. The minimum absolute atomic E-state index is 0.225. The summed E-state index contributed by atoms with van der Waals surface area (Å²) in [7, 11) is 0. The van der Waals surface area contributed by atoms with Crippen LogP contribution in [0.2, 0.25) is 0 Å². The molecule has 20 heavy (non-hydrogen) atoms. The van der Waals surface area contributed by atoms with E-state index in [2.05, 4.69) is 5.10 Å². The number of hydrogen-bond acceptors (Lipinski definition) is 3. The largest absolute Gasteiger partial charge is 0.406 e. The van der Waals surface area contributed by atoms with Crippen molar-refractivity contribution in [3.05, 3.63) is 12.3 Å². The van der Waals surface area contributed by atoms with Gasteiger partial charge in [-0.3, -0.25) is 9.48 Å². The summed E-state index contributed by atoms with van der Waals surface area (Å²) in [6.45, 7) is 2.03. The zero-order valence-electron chi connectivity index (χ0n) is 11.5. The average molecular weight is 292 g/mol. The Labute approximate surface area is 115 Å². The van der Waals surface area contributed by atoms with Crippen molar-refractivity contribution in [1.29, 1.82) is 0 Å². The number of nitrogens with two attached hydrogens (primary N) is 1. The van der Waals surface area contributed by atoms with Gasteiger partial charge < -0.3 is 10.6 Å². The fraction of sp³-hybridized carbons (Fsp3) is 0.667. The van der Waals surface area contributed by atoms with E-state index in [0.717, 1.165) is 4.90 Å². The molecule has 2 N–H and O–H groups in total. The van der Waals surface area contributed by atoms with E-state index in [9.17, 15) is 18.0 Å². The second-order valence-corrected chi connectivity index (χ2v) is 4.55. The van der Waals surface area contributed by atoms with Gasteiger partial charge in [0.15, 0.2) is 0 Å². The van der Waals surface area contributed by atoms with Gasteiger partial charge in [0.1, 0.15) is 18.9 Å². The lowest BCUT2D eigenvalue weighted by molar-refractivity contribution is -0.166. The second kappa shape index (κ2) is 6.62. The maximum absolute atomic E-state index is 12.6. The van der Waals surface area contributed by atoms with Crippen molar-refractivity contribution in [2.45, 2.75) is 45.5 Å². The van der Waals surface area contributed by atoms with Crippen LogP contribution in [0.1, 0.15) is 26.7 Å². The van der Waals surface area contributed by atoms with Gasteiger partial charge in [-0.25, -0.2) is 0 Å². The summed E-state index contributed by atoms with van der Waals surface area (Å²) in [5, 5.41) is 3.81. The third-order valence-corrected chi connectivity index (χ3v) is 3.01. The molecule has 0 unspecified atom stereocenters. The van der Waals surface area contributed by atoms with Gasteiger partial charge in [0, 0.05) is 12.2 Å². The molecular formula is C12H19F3N4O. The number of aromatic nitrogens is 2. The molecule has 5 nitrogen and oxygen atoms in total. The number of alkyl halides is 3. The first-order valence-corrected chi connectivity index (χ1v) is 6.42. The van der Waals surface area contributed by atoms with Gasteiger partial charge in [0.05, 0.1) is 0 Å². The smallest absolute Gasteiger partial charge is 0.382 e. The molecular weight excluding hydrogens is 273 g/mol. The summed E-state index contributed by atoms with van der Waals surface area (Å²) >= 11 is 0. The number of nitrogens with zero attached hydrogens (tertiary/aromatic N) is 3. The van der Waals surface area contributed by atoms with E-state index in [-0.39, 0.29) is 12.4 Å². The number of carbonyl (C=O) groups is 1. The van der Waals surface area contributed by atoms with Gasteiger partial charge in [0.2, 0.25) is 5.91 Å². The highest BCUT2D eigenvalue weighted by atomic mass is 19.4. The highest BCUT2D eigenvalue weighted by Gasteiger charge is 2.35. The molecule has 1 rings (SSSR count). The number of halogens is 3. The van der Waals surface area contributed by atoms with Crippen LogP contribution in [0.5, 0.6) is 0 Å². The van der Waals surface area contributed by atoms with Gasteiger partial charge in [0.25, 0.3) is 0 Å². The first-order chi connectivity index (χ1) is 9.26. The second-order valence-electron chi connectivity index (χ2n) is 4.55. The highest BCUT2D eigenvalue weighted by molar-refractivity contribution is 5.76. The third-order valence-electron chi connectivity index (χ3n) is 3.01. The van der Waals surface area contributed by atoms with Crippen molar-refractivity contribution in [3.8, 4) is 0 Å². The number of hydrogen-bond donors (Lipinski definition) is 1. The molecule has 114 valence electrons. The lowest BCUT2D eigenvalue weighted by Crippen LogP contribution is -2.46. The van der Waals surface area contributed by atoms with Crippen LogP contribution >= 0.6 is 0 Å². The van der Waals surface area contributed by atoms with Gasteiger partial charge in [-0.05, 0) is 18.9 Å². The van der Waals surface area contributed by atoms with E-state index < -0.39 is 24.7 Å². The van der Waals surface area contributed by atoms with Crippen molar-refractivity contribution in [2.24, 2.45) is 0 Å². The minimum Gasteiger partial charge on any atom is -0.382 e. The summed E-state index contributed by atoms with van der Waals surface area (Å²) in [6.07, 6.45) is -2.01. The number of nitrogen functional groups attached to an aromatic ring is 1. The molecule has 0 aliphatic rings. The van der Waals surface area contributed by atoms with E-state index in [1.807, 2.05) is 0 Å². The molecule has 0 spiro atoms. The first-order valence-electron chi connectivity index (χ1n) is 6.42. The monoisotopic (exact) mass is 292 g/mol. The van der Waals surface area contributed by atoms with Crippen LogP contribution in [-0.4, -0.2) is 39.4 Å². The molecule has 0 saturated carbocycles. The predicted octanol–water partition coefficient (Wildman–Crippen LogP) is 2.04. The van der Waals surface area contributed by atoms with Gasteiger partial charge in [-0.2, -0.15) is 18.3 Å². The van der Waals surface area contributed by atoms with Gasteiger partial charge in [-0.1, -0.05) is 13.8 Å². The van der Waals surface area contributed by atoms with Crippen LogP contribution in [-0.2, 0) is 11.3 Å². The lowest BCUT2D eigenvalue weighted by atomic mass is 10.1. The summed E-state index contributed by atoms with van der Waals surface area (Å²) < 4.78 is 39.1. The Morgan fingerprint density at radius 1 is 1.45 bits per heavy atom. The molecule has 0 atom stereocenters. The molecule has 0 saturated heterocycles. The predicted molar refractivity (Wildman–Crippen MR) is 68.8 cm³/mol. The highest BCUT2D eigenvalue weighted by Crippen LogP contribution is 2.20. The number of anilines is 1. The number of carbonyl (C=O) groups excluding carboxylic acids is 1. The normalized spacial score (nSPS) is 11.9. The Balaban J connectivity index is 2.83. The van der Waals surface area contributed by atoms with E-state index in [1.165, 1.54) is 16.9 Å². The molecule has 1 aromatic rings. The van der Waals surface area contributed by atoms with Crippen molar-refractivity contribution in [2.75, 3.05) is 12.3 Å². The number of rotatable bonds is 6. The summed E-state index contributed by atoms with van der Waals surface area (Å²) in [6, 6.07) is 1.05. The third kappa shape index (κ3) is 4.75. The summed E-state index contributed by atoms with van der Waals surface area (Å²) in [5.41, 5.74) is 5.41. The van der Waals surface area contributed by atoms with Gasteiger partial charge in [-0.15, -0.1) is 0 Å². The van der Waals surface area contributed by atoms with Crippen LogP contribution in [0.3, 0.4) is 0 Å². The van der Waals surface area contributed by atoms with Crippen LogP contribution < -0.4 is 5.73 Å². The van der Waals surface area contributed by atoms with E-state index in [4.69, 9.17) is 5.73 Å². The SMILES string of the molecule is CCC(CC)N(CC(F)(F)F)C(=O)Cn1ccc(N)n1. The minimum atomic E-state index is -4.42. The summed E-state index contributed by atoms with van der Waals surface area (Å²) in [5.74, 6) is -0.387. The molecule has 0 radical (unpaired) electrons. The van der Waals surface area contributed by atoms with Crippen molar-refractivity contribution >= 4 is 11.7 Å².